The lowest BCUT2D eigenvalue weighted by Crippen LogP contribution is -2.05. The van der Waals surface area contributed by atoms with Crippen LogP contribution in [0, 0.1) is 0 Å². The van der Waals surface area contributed by atoms with Crippen molar-refractivity contribution in [2.75, 3.05) is 0 Å². The molecule has 0 aliphatic heterocycles. The number of nitrogens with two attached hydrogens (primary N) is 1. The quantitative estimate of drug-likeness (QED) is 0.800. The Bertz CT molecular complexity index is 245. The summed E-state index contributed by atoms with van der Waals surface area (Å²) in [5.41, 5.74) is 6.80. The molecule has 0 unspecified atom stereocenters. The van der Waals surface area contributed by atoms with Gasteiger partial charge in [-0.2, -0.15) is 0 Å². The van der Waals surface area contributed by atoms with Gasteiger partial charge < -0.3 is 5.73 Å². The van der Waals surface area contributed by atoms with Crippen LogP contribution >= 0.6 is 28.3 Å². The van der Waals surface area contributed by atoms with Crippen LogP contribution in [0.15, 0.2) is 41.4 Å². The van der Waals surface area contributed by atoms with E-state index in [1.807, 2.05) is 24.3 Å². The number of halogens is 2. The standard InChI is InChI=1S/C9H10BrN.ClH/c1-2-9(11)7-3-5-8(10)6-4-7;/h2-6,9H,1,11H2;1H/t9-;/m1./s1. The minimum Gasteiger partial charge on any atom is -0.321 e. The fraction of sp³-hybridized carbons (Fsp3) is 0.111. The summed E-state index contributed by atoms with van der Waals surface area (Å²) in [5.74, 6) is 0. The van der Waals surface area contributed by atoms with Gasteiger partial charge in [-0.15, -0.1) is 19.0 Å². The lowest BCUT2D eigenvalue weighted by molar-refractivity contribution is 0.914. The van der Waals surface area contributed by atoms with Crippen molar-refractivity contribution >= 4 is 28.3 Å². The third kappa shape index (κ3) is 2.97. The van der Waals surface area contributed by atoms with Crippen LogP contribution < -0.4 is 5.73 Å². The van der Waals surface area contributed by atoms with Crippen LogP contribution in [0.1, 0.15) is 11.6 Å². The highest BCUT2D eigenvalue weighted by Gasteiger charge is 1.98. The molecule has 1 aromatic rings. The van der Waals surface area contributed by atoms with Crippen molar-refractivity contribution in [3.05, 3.63) is 47.0 Å². The zero-order chi connectivity index (χ0) is 8.27. The Morgan fingerprint density at radius 2 is 1.83 bits per heavy atom. The van der Waals surface area contributed by atoms with Crippen LogP contribution in [0.2, 0.25) is 0 Å². The van der Waals surface area contributed by atoms with Gasteiger partial charge in [0, 0.05) is 10.5 Å². The van der Waals surface area contributed by atoms with Crippen LogP contribution in [0.25, 0.3) is 0 Å². The van der Waals surface area contributed by atoms with E-state index in [1.165, 1.54) is 0 Å². The molecule has 12 heavy (non-hydrogen) atoms. The average Bonchev–Trinajstić information content (AvgIpc) is 2.05. The van der Waals surface area contributed by atoms with Gasteiger partial charge in [-0.25, -0.2) is 0 Å². The van der Waals surface area contributed by atoms with E-state index in [4.69, 9.17) is 5.73 Å². The molecule has 0 saturated carbocycles. The molecule has 0 amide bonds. The third-order valence-corrected chi connectivity index (χ3v) is 2.04. The van der Waals surface area contributed by atoms with Gasteiger partial charge in [0.15, 0.2) is 0 Å². The first-order valence-electron chi connectivity index (χ1n) is 3.37. The highest BCUT2D eigenvalue weighted by molar-refractivity contribution is 9.10. The second-order valence-electron chi connectivity index (χ2n) is 2.31. The van der Waals surface area contributed by atoms with Crippen LogP contribution in [-0.4, -0.2) is 0 Å². The Kier molecular flexibility index (Phi) is 5.22. The van der Waals surface area contributed by atoms with E-state index in [-0.39, 0.29) is 18.4 Å². The molecule has 0 aliphatic carbocycles. The maximum Gasteiger partial charge on any atom is 0.0478 e. The van der Waals surface area contributed by atoms with E-state index < -0.39 is 0 Å². The van der Waals surface area contributed by atoms with Crippen molar-refractivity contribution < 1.29 is 0 Å². The molecule has 0 bridgehead atoms. The van der Waals surface area contributed by atoms with Gasteiger partial charge in [-0.05, 0) is 17.7 Å². The summed E-state index contributed by atoms with van der Waals surface area (Å²) in [5, 5.41) is 0. The van der Waals surface area contributed by atoms with Crippen molar-refractivity contribution in [2.45, 2.75) is 6.04 Å². The lowest BCUT2D eigenvalue weighted by Gasteiger charge is -2.05. The highest BCUT2D eigenvalue weighted by atomic mass is 79.9. The van der Waals surface area contributed by atoms with Crippen LogP contribution in [0.5, 0.6) is 0 Å². The first kappa shape index (κ1) is 11.7. The average molecular weight is 249 g/mol. The fourth-order valence-corrected chi connectivity index (χ4v) is 1.09. The topological polar surface area (TPSA) is 26.0 Å². The summed E-state index contributed by atoms with van der Waals surface area (Å²) in [6, 6.07) is 7.85. The second kappa shape index (κ2) is 5.36. The molecule has 0 heterocycles. The molecule has 2 N–H and O–H groups in total. The summed E-state index contributed by atoms with van der Waals surface area (Å²) in [7, 11) is 0. The predicted octanol–water partition coefficient (Wildman–Crippen LogP) is 3.06. The summed E-state index contributed by atoms with van der Waals surface area (Å²) in [6.45, 7) is 3.62. The molecule has 1 nitrogen and oxygen atoms in total. The Morgan fingerprint density at radius 1 is 1.33 bits per heavy atom. The molecule has 3 heteroatoms. The van der Waals surface area contributed by atoms with Gasteiger partial charge in [-0.1, -0.05) is 34.1 Å². The molecule has 1 aromatic carbocycles. The summed E-state index contributed by atoms with van der Waals surface area (Å²) < 4.78 is 1.07. The van der Waals surface area contributed by atoms with Crippen LogP contribution in [-0.2, 0) is 0 Å². The molecule has 1 rings (SSSR count). The van der Waals surface area contributed by atoms with Crippen molar-refractivity contribution in [1.29, 1.82) is 0 Å². The highest BCUT2D eigenvalue weighted by Crippen LogP contribution is 2.15. The van der Waals surface area contributed by atoms with E-state index in [0.29, 0.717) is 0 Å². The van der Waals surface area contributed by atoms with Crippen molar-refractivity contribution in [3.8, 4) is 0 Å². The van der Waals surface area contributed by atoms with Gasteiger partial charge in [0.05, 0.1) is 0 Å². The Labute approximate surface area is 87.2 Å². The molecule has 0 aromatic heterocycles. The largest absolute Gasteiger partial charge is 0.321 e. The first-order valence-corrected chi connectivity index (χ1v) is 4.17. The Morgan fingerprint density at radius 3 is 2.25 bits per heavy atom. The lowest BCUT2D eigenvalue weighted by atomic mass is 10.1. The first-order chi connectivity index (χ1) is 5.24. The summed E-state index contributed by atoms with van der Waals surface area (Å²) in [4.78, 5) is 0. The number of hydrogen-bond donors (Lipinski definition) is 1. The number of hydrogen-bond acceptors (Lipinski definition) is 1. The van der Waals surface area contributed by atoms with E-state index in [0.717, 1.165) is 10.0 Å². The van der Waals surface area contributed by atoms with Crippen molar-refractivity contribution in [2.24, 2.45) is 5.73 Å². The second-order valence-corrected chi connectivity index (χ2v) is 3.23. The Hall–Kier alpha value is -0.310. The molecule has 0 radical (unpaired) electrons. The van der Waals surface area contributed by atoms with Crippen LogP contribution in [0.3, 0.4) is 0 Å². The smallest absolute Gasteiger partial charge is 0.0478 e. The third-order valence-electron chi connectivity index (χ3n) is 1.51. The van der Waals surface area contributed by atoms with E-state index >= 15 is 0 Å². The monoisotopic (exact) mass is 247 g/mol. The minimum atomic E-state index is -0.0527. The fourth-order valence-electron chi connectivity index (χ4n) is 0.821. The van der Waals surface area contributed by atoms with Gasteiger partial charge in [0.25, 0.3) is 0 Å². The molecular formula is C9H11BrClN. The summed E-state index contributed by atoms with van der Waals surface area (Å²) >= 11 is 3.35. The Balaban J connectivity index is 0.00000121. The zero-order valence-electron chi connectivity index (χ0n) is 6.53. The maximum absolute atomic E-state index is 5.71. The minimum absolute atomic E-state index is 0. The van der Waals surface area contributed by atoms with Crippen molar-refractivity contribution in [3.63, 3.8) is 0 Å². The van der Waals surface area contributed by atoms with E-state index in [1.54, 1.807) is 6.08 Å². The maximum atomic E-state index is 5.71. The molecule has 0 saturated heterocycles. The molecule has 1 atom stereocenters. The number of benzene rings is 1. The molecule has 0 fully saturated rings. The van der Waals surface area contributed by atoms with E-state index in [2.05, 4.69) is 22.5 Å². The normalized spacial score (nSPS) is 11.5. The van der Waals surface area contributed by atoms with Gasteiger partial charge >= 0.3 is 0 Å². The van der Waals surface area contributed by atoms with Crippen molar-refractivity contribution in [1.82, 2.24) is 0 Å². The zero-order valence-corrected chi connectivity index (χ0v) is 8.94. The van der Waals surface area contributed by atoms with Gasteiger partial charge in [0.2, 0.25) is 0 Å². The molecule has 0 aliphatic rings. The van der Waals surface area contributed by atoms with Gasteiger partial charge in [-0.3, -0.25) is 0 Å². The molecular weight excluding hydrogens is 237 g/mol. The van der Waals surface area contributed by atoms with Gasteiger partial charge in [0.1, 0.15) is 0 Å². The molecule has 66 valence electrons. The van der Waals surface area contributed by atoms with Crippen LogP contribution in [0.4, 0.5) is 0 Å². The van der Waals surface area contributed by atoms with E-state index in [9.17, 15) is 0 Å². The SMILES string of the molecule is C=C[C@@H](N)c1ccc(Br)cc1.Cl. The predicted molar refractivity (Wildman–Crippen MR) is 58.5 cm³/mol. The number of rotatable bonds is 2. The molecule has 0 spiro atoms. The summed E-state index contributed by atoms with van der Waals surface area (Å²) in [6.07, 6.45) is 1.73.